The van der Waals surface area contributed by atoms with E-state index in [1.165, 1.54) is 5.56 Å². The van der Waals surface area contributed by atoms with Gasteiger partial charge in [0.2, 0.25) is 0 Å². The van der Waals surface area contributed by atoms with Crippen molar-refractivity contribution in [3.05, 3.63) is 35.9 Å². The monoisotopic (exact) mass is 219 g/mol. The van der Waals surface area contributed by atoms with Gasteiger partial charge in [0, 0.05) is 5.41 Å². The van der Waals surface area contributed by atoms with E-state index < -0.39 is 0 Å². The minimum absolute atomic E-state index is 0.107. The highest BCUT2D eigenvalue weighted by molar-refractivity contribution is 5.90. The van der Waals surface area contributed by atoms with E-state index in [4.69, 9.17) is 5.21 Å². The molecule has 0 aliphatic heterocycles. The first-order valence-corrected chi connectivity index (χ1v) is 5.73. The summed E-state index contributed by atoms with van der Waals surface area (Å²) in [5.41, 5.74) is 2.02. The summed E-state index contributed by atoms with van der Waals surface area (Å²) in [6.07, 6.45) is 0.894. The van der Waals surface area contributed by atoms with E-state index in [0.717, 1.165) is 12.1 Å². The topological polar surface area (TPSA) is 32.6 Å². The average molecular weight is 219 g/mol. The molecule has 88 valence electrons. The van der Waals surface area contributed by atoms with Gasteiger partial charge in [-0.1, -0.05) is 63.2 Å². The van der Waals surface area contributed by atoms with Gasteiger partial charge in [-0.05, 0) is 17.9 Å². The van der Waals surface area contributed by atoms with Crippen molar-refractivity contribution in [3.63, 3.8) is 0 Å². The fraction of sp³-hybridized carbons (Fsp3) is 0.500. The van der Waals surface area contributed by atoms with Crippen LogP contribution in [0, 0.1) is 11.3 Å². The van der Waals surface area contributed by atoms with E-state index in [1.807, 2.05) is 18.2 Å². The lowest BCUT2D eigenvalue weighted by molar-refractivity contribution is 0.303. The summed E-state index contributed by atoms with van der Waals surface area (Å²) in [5.74, 6) is 0.267. The third-order valence-corrected chi connectivity index (χ3v) is 2.84. The van der Waals surface area contributed by atoms with Crippen LogP contribution in [-0.2, 0) is 6.42 Å². The molecule has 0 heterocycles. The summed E-state index contributed by atoms with van der Waals surface area (Å²) in [5, 5.41) is 12.6. The van der Waals surface area contributed by atoms with Gasteiger partial charge in [0.15, 0.2) is 0 Å². The van der Waals surface area contributed by atoms with Crippen LogP contribution in [0.4, 0.5) is 0 Å². The van der Waals surface area contributed by atoms with Crippen molar-refractivity contribution < 1.29 is 5.21 Å². The number of hydrogen-bond acceptors (Lipinski definition) is 2. The second-order valence-electron chi connectivity index (χ2n) is 5.19. The summed E-state index contributed by atoms with van der Waals surface area (Å²) in [6, 6.07) is 10.3. The quantitative estimate of drug-likeness (QED) is 0.467. The third kappa shape index (κ3) is 3.09. The summed E-state index contributed by atoms with van der Waals surface area (Å²) >= 11 is 0. The summed E-state index contributed by atoms with van der Waals surface area (Å²) in [6.45, 7) is 8.35. The highest BCUT2D eigenvalue weighted by atomic mass is 16.4. The molecule has 0 bridgehead atoms. The molecule has 0 amide bonds. The van der Waals surface area contributed by atoms with Crippen LogP contribution in [0.3, 0.4) is 0 Å². The van der Waals surface area contributed by atoms with Crippen LogP contribution in [0.15, 0.2) is 35.5 Å². The Bertz CT molecular complexity index is 352. The molecule has 0 unspecified atom stereocenters. The van der Waals surface area contributed by atoms with Gasteiger partial charge >= 0.3 is 0 Å². The Hall–Kier alpha value is -1.31. The van der Waals surface area contributed by atoms with Crippen molar-refractivity contribution >= 4 is 5.71 Å². The summed E-state index contributed by atoms with van der Waals surface area (Å²) in [7, 11) is 0. The number of rotatable bonds is 4. The molecule has 0 radical (unpaired) electrons. The highest BCUT2D eigenvalue weighted by Crippen LogP contribution is 2.27. The second kappa shape index (κ2) is 5.15. The molecule has 0 saturated carbocycles. The Labute approximate surface area is 98.0 Å². The van der Waals surface area contributed by atoms with Gasteiger partial charge < -0.3 is 5.21 Å². The smallest absolute Gasteiger partial charge is 0.0655 e. The predicted octanol–water partition coefficient (Wildman–Crippen LogP) is 3.74. The van der Waals surface area contributed by atoms with E-state index >= 15 is 0 Å². The number of nitrogens with zero attached hydrogens (tertiary/aromatic N) is 1. The van der Waals surface area contributed by atoms with Crippen molar-refractivity contribution in [3.8, 4) is 0 Å². The van der Waals surface area contributed by atoms with Crippen LogP contribution < -0.4 is 0 Å². The van der Waals surface area contributed by atoms with Crippen molar-refractivity contribution in [1.29, 1.82) is 0 Å². The molecule has 2 nitrogen and oxygen atoms in total. The third-order valence-electron chi connectivity index (χ3n) is 2.84. The number of hydrogen-bond donors (Lipinski definition) is 1. The molecule has 2 heteroatoms. The molecule has 0 saturated heterocycles. The lowest BCUT2D eigenvalue weighted by Gasteiger charge is -2.28. The van der Waals surface area contributed by atoms with Gasteiger partial charge in [-0.15, -0.1) is 0 Å². The van der Waals surface area contributed by atoms with Crippen LogP contribution in [0.2, 0.25) is 0 Å². The molecule has 0 atom stereocenters. The first-order chi connectivity index (χ1) is 7.47. The zero-order chi connectivity index (χ0) is 12.2. The second-order valence-corrected chi connectivity index (χ2v) is 5.19. The van der Waals surface area contributed by atoms with E-state index in [-0.39, 0.29) is 11.3 Å². The van der Waals surface area contributed by atoms with Gasteiger partial charge in [-0.3, -0.25) is 0 Å². The van der Waals surface area contributed by atoms with E-state index in [1.54, 1.807) is 0 Å². The molecule has 1 rings (SSSR count). The van der Waals surface area contributed by atoms with Crippen LogP contribution in [-0.4, -0.2) is 10.9 Å². The Kier molecular flexibility index (Phi) is 4.11. The molecule has 1 aromatic carbocycles. The number of benzene rings is 1. The van der Waals surface area contributed by atoms with Crippen LogP contribution >= 0.6 is 0 Å². The molecule has 16 heavy (non-hydrogen) atoms. The lowest BCUT2D eigenvalue weighted by atomic mass is 9.77. The maximum atomic E-state index is 9.10. The molecular weight excluding hydrogens is 198 g/mol. The van der Waals surface area contributed by atoms with Crippen LogP contribution in [0.5, 0.6) is 0 Å². The maximum absolute atomic E-state index is 9.10. The maximum Gasteiger partial charge on any atom is 0.0655 e. The zero-order valence-electron chi connectivity index (χ0n) is 10.6. The zero-order valence-corrected chi connectivity index (χ0v) is 10.6. The average Bonchev–Trinajstić information content (AvgIpc) is 2.18. The standard InChI is InChI=1S/C14H21NO/c1-11(2)13(15-16)14(3,4)10-12-8-6-5-7-9-12/h5-9,11,16H,10H2,1-4H3/b15-13+. The normalized spacial score (nSPS) is 13.2. The summed E-state index contributed by atoms with van der Waals surface area (Å²) in [4.78, 5) is 0. The minimum atomic E-state index is -0.107. The lowest BCUT2D eigenvalue weighted by Crippen LogP contribution is -2.31. The van der Waals surface area contributed by atoms with E-state index in [2.05, 4.69) is 45.0 Å². The Balaban J connectivity index is 2.87. The molecule has 0 spiro atoms. The Morgan fingerprint density at radius 2 is 1.81 bits per heavy atom. The minimum Gasteiger partial charge on any atom is -0.411 e. The van der Waals surface area contributed by atoms with Crippen molar-refractivity contribution in [2.45, 2.75) is 34.1 Å². The predicted molar refractivity (Wildman–Crippen MR) is 68.0 cm³/mol. The largest absolute Gasteiger partial charge is 0.411 e. The fourth-order valence-corrected chi connectivity index (χ4v) is 2.23. The van der Waals surface area contributed by atoms with Gasteiger partial charge in [-0.2, -0.15) is 0 Å². The van der Waals surface area contributed by atoms with Crippen LogP contribution in [0.25, 0.3) is 0 Å². The molecule has 0 fully saturated rings. The molecule has 0 aromatic heterocycles. The van der Waals surface area contributed by atoms with Gasteiger partial charge in [0.25, 0.3) is 0 Å². The van der Waals surface area contributed by atoms with Gasteiger partial charge in [0.1, 0.15) is 0 Å². The molecule has 0 aliphatic carbocycles. The van der Waals surface area contributed by atoms with Crippen molar-refractivity contribution in [1.82, 2.24) is 0 Å². The van der Waals surface area contributed by atoms with Crippen molar-refractivity contribution in [2.75, 3.05) is 0 Å². The highest BCUT2D eigenvalue weighted by Gasteiger charge is 2.28. The molecule has 0 aliphatic rings. The number of oxime groups is 1. The molecule has 1 N–H and O–H groups in total. The first kappa shape index (κ1) is 12.8. The van der Waals surface area contributed by atoms with Gasteiger partial charge in [0.05, 0.1) is 5.71 Å². The van der Waals surface area contributed by atoms with Gasteiger partial charge in [-0.25, -0.2) is 0 Å². The summed E-state index contributed by atoms with van der Waals surface area (Å²) < 4.78 is 0. The van der Waals surface area contributed by atoms with Crippen LogP contribution in [0.1, 0.15) is 33.3 Å². The molecule has 1 aromatic rings. The van der Waals surface area contributed by atoms with E-state index in [0.29, 0.717) is 0 Å². The Morgan fingerprint density at radius 1 is 1.25 bits per heavy atom. The Morgan fingerprint density at radius 3 is 2.25 bits per heavy atom. The van der Waals surface area contributed by atoms with Crippen molar-refractivity contribution in [2.24, 2.45) is 16.5 Å². The molecular formula is C14H21NO. The van der Waals surface area contributed by atoms with E-state index in [9.17, 15) is 0 Å². The SMILES string of the molecule is CC(C)/C(=N\O)C(C)(C)Cc1ccccc1. The first-order valence-electron chi connectivity index (χ1n) is 5.73. The fourth-order valence-electron chi connectivity index (χ4n) is 2.23.